The van der Waals surface area contributed by atoms with E-state index in [-0.39, 0.29) is 81.8 Å². The maximum atomic E-state index is 15.4. The zero-order valence-electron chi connectivity index (χ0n) is 50.8. The van der Waals surface area contributed by atoms with Crippen LogP contribution in [0.3, 0.4) is 0 Å². The third kappa shape index (κ3) is 14.7. The van der Waals surface area contributed by atoms with Gasteiger partial charge < -0.3 is 51.4 Å². The monoisotopic (exact) mass is 1400 g/mol. The second kappa shape index (κ2) is 28.6. The molecule has 12 rings (SSSR count). The Morgan fingerprint density at radius 2 is 1.37 bits per heavy atom. The molecule has 0 spiro atoms. The number of aliphatic carboxylic acids is 1. The number of hydrogen-bond donors (Lipinski definition) is 7. The first-order valence-electron chi connectivity index (χ1n) is 30.0. The summed E-state index contributed by atoms with van der Waals surface area (Å²) in [6, 6.07) is 15.1. The summed E-state index contributed by atoms with van der Waals surface area (Å²) in [7, 11) is 1.37. The van der Waals surface area contributed by atoms with Gasteiger partial charge in [0.1, 0.15) is 76.7 Å². The minimum Gasteiger partial charge on any atom is -0.482 e. The summed E-state index contributed by atoms with van der Waals surface area (Å²) in [5.41, 5.74) is 8.89. The van der Waals surface area contributed by atoms with Crippen molar-refractivity contribution in [2.75, 3.05) is 20.3 Å². The number of fused-ring (bicyclic) bond motifs is 16. The number of nitrogens with one attached hydrogen (secondary N) is 3. The van der Waals surface area contributed by atoms with Crippen LogP contribution in [0.5, 0.6) is 5.75 Å². The lowest BCUT2D eigenvalue weighted by Crippen LogP contribution is -2.50. The van der Waals surface area contributed by atoms with Gasteiger partial charge in [-0.2, -0.15) is 0 Å². The van der Waals surface area contributed by atoms with Crippen LogP contribution in [0.2, 0.25) is 0 Å². The summed E-state index contributed by atoms with van der Waals surface area (Å²) in [6.07, 6.45) is -0.811. The van der Waals surface area contributed by atoms with Gasteiger partial charge in [0.2, 0.25) is 11.8 Å². The van der Waals surface area contributed by atoms with Crippen molar-refractivity contribution in [2.24, 2.45) is 17.6 Å². The number of ketones is 1. The molecule has 7 atom stereocenters. The molecule has 1 saturated carbocycles. The number of aliphatic hydroxyl groups is 2. The number of hydrogen-bond acceptors (Lipinski definition) is 25. The number of pyridine rings is 1. The number of nitrogens with two attached hydrogens (primary N) is 1. The SMILES string of the molecule is COC(=O)C1CCC(NC(=O)c2csc(-c3ccc4c(n3)-c3csc(n3)-c3csc(n3)[C@@H]3[C@@H](C)[C@@H](O)CN3C(=O)[C@H](Cc3ccc(OCC(=O)O)cc3)NC(=O)c3csc(n3)[C@@H]([C@H](O)c3ccccc3)CC(=O)c3nc(sc3C)[C@H](CC(N)=O)NC(=O)c3csc-4n3)n2)CC1. The van der Waals surface area contributed by atoms with Gasteiger partial charge in [0.15, 0.2) is 12.4 Å². The van der Waals surface area contributed by atoms with Gasteiger partial charge in [0, 0.05) is 74.6 Å². The van der Waals surface area contributed by atoms with Gasteiger partial charge in [0.25, 0.3) is 17.7 Å². The average molecular weight is 1400 g/mol. The van der Waals surface area contributed by atoms with Crippen molar-refractivity contribution in [3.63, 3.8) is 0 Å². The van der Waals surface area contributed by atoms with Crippen molar-refractivity contribution in [2.45, 2.75) is 101 Å². The van der Waals surface area contributed by atoms with Gasteiger partial charge in [-0.05, 0) is 68.0 Å². The third-order valence-electron chi connectivity index (χ3n) is 16.7. The lowest BCUT2D eigenvalue weighted by atomic mass is 9.86. The standard InChI is InChI=1S/C64H60N12O13S6/c1-29-47(78)22-76-52(29)62-74-45(28-94-62)60-70-41(24-92-60)51-36(17-18-38(67-51)59-73-42(27-93-59)54(83)66-34-13-11-33(12-14-34)64(87)88-3)57-71-43(25-90-57)55(84)68-39(21-48(65)79)61-75-50(30(2)95-61)46(77)20-37(53(82)32-7-5-4-6-8-32)58-72-44(26-91-58)56(85)69-40(63(76)86)19-31-9-15-35(16-10-31)89-23-49(80)81/h4-10,15-18,24-29,33-34,37,39-40,47,52-53,78,82H,11-14,19-23H2,1-3H3,(H2,65,79)(H,66,83)(H,68,84)(H,69,85)(H,80,81)/t29-,33?,34?,37+,39-,40-,47-,52-,53+/m0/s1. The molecule has 2 aliphatic heterocycles. The first-order valence-corrected chi connectivity index (χ1v) is 35.2. The number of carbonyl (C=O) groups excluding carboxylic acids is 7. The number of carboxylic acid groups (broad SMARTS) is 1. The highest BCUT2D eigenvalue weighted by atomic mass is 32.1. The maximum Gasteiger partial charge on any atom is 0.341 e. The van der Waals surface area contributed by atoms with E-state index in [1.165, 1.54) is 51.4 Å². The number of amides is 5. The van der Waals surface area contributed by atoms with E-state index in [2.05, 4.69) is 16.0 Å². The Labute approximate surface area is 565 Å². The first-order chi connectivity index (χ1) is 45.7. The minimum absolute atomic E-state index is 0.00601. The number of aliphatic hydroxyl groups excluding tert-OH is 2. The number of primary amides is 1. The van der Waals surface area contributed by atoms with Gasteiger partial charge in [-0.25, -0.2) is 39.7 Å². The molecule has 25 nitrogen and oxygen atoms in total. The van der Waals surface area contributed by atoms with Crippen LogP contribution in [0.4, 0.5) is 0 Å². The fraction of sp³-hybridized carbons (Fsp3) is 0.328. The van der Waals surface area contributed by atoms with E-state index in [0.29, 0.717) is 90.1 Å². The highest BCUT2D eigenvalue weighted by Crippen LogP contribution is 2.44. The van der Waals surface area contributed by atoms with Crippen molar-refractivity contribution >= 4 is 115 Å². The number of rotatable bonds is 13. The molecule has 9 aromatic rings. The maximum absolute atomic E-state index is 15.4. The molecule has 1 saturated heterocycles. The molecule has 0 unspecified atom stereocenters. The lowest BCUT2D eigenvalue weighted by molar-refractivity contribution is -0.146. The second-order valence-corrected chi connectivity index (χ2v) is 28.6. The topological polar surface area (TPSA) is 371 Å². The fourth-order valence-corrected chi connectivity index (χ4v) is 17.1. The molecule has 95 heavy (non-hydrogen) atoms. The van der Waals surface area contributed by atoms with Crippen molar-refractivity contribution < 1.29 is 63.1 Å². The first kappa shape index (κ1) is 66.1. The summed E-state index contributed by atoms with van der Waals surface area (Å²) in [6.45, 7) is 2.76. The molecule has 10 bridgehead atoms. The number of ether oxygens (including phenoxy) is 2. The largest absolute Gasteiger partial charge is 0.482 e. The summed E-state index contributed by atoms with van der Waals surface area (Å²) in [5.74, 6) is -6.66. The van der Waals surface area contributed by atoms with Crippen LogP contribution in [0.1, 0.15) is 143 Å². The van der Waals surface area contributed by atoms with Gasteiger partial charge in [-0.1, -0.05) is 49.4 Å². The Balaban J connectivity index is 0.924. The van der Waals surface area contributed by atoms with E-state index in [4.69, 9.17) is 50.1 Å². The normalized spacial score (nSPS) is 21.2. The number of carboxylic acids is 1. The molecule has 2 aromatic carbocycles. The summed E-state index contributed by atoms with van der Waals surface area (Å²) in [4.78, 5) is 145. The van der Waals surface area contributed by atoms with Gasteiger partial charge >= 0.3 is 11.9 Å². The Morgan fingerprint density at radius 3 is 2.11 bits per heavy atom. The van der Waals surface area contributed by atoms with Crippen LogP contribution in [-0.2, 0) is 30.3 Å². The molecule has 490 valence electrons. The lowest BCUT2D eigenvalue weighted by Gasteiger charge is -2.29. The van der Waals surface area contributed by atoms with Crippen molar-refractivity contribution in [3.8, 4) is 49.1 Å². The molecule has 5 amide bonds. The van der Waals surface area contributed by atoms with Gasteiger partial charge in [-0.15, -0.1) is 68.0 Å². The smallest absolute Gasteiger partial charge is 0.341 e. The average Bonchev–Trinajstić information content (AvgIpc) is 1.66. The molecule has 1 aliphatic carbocycles. The number of nitrogens with zero attached hydrogens (tertiary/aromatic N) is 8. The Bertz CT molecular complexity index is 4380. The quantitative estimate of drug-likeness (QED) is 0.0532. The molecular formula is C64H60N12O13S6. The number of benzene rings is 2. The number of aromatic nitrogens is 7. The van der Waals surface area contributed by atoms with Crippen molar-refractivity contribution in [1.29, 1.82) is 0 Å². The number of thiazole rings is 6. The Kier molecular flexibility index (Phi) is 19.9. The molecule has 9 heterocycles. The zero-order valence-corrected chi connectivity index (χ0v) is 55.7. The zero-order chi connectivity index (χ0) is 66.8. The van der Waals surface area contributed by atoms with Gasteiger partial charge in [0.05, 0.1) is 54.4 Å². The van der Waals surface area contributed by atoms with Crippen LogP contribution in [0, 0.1) is 18.8 Å². The van der Waals surface area contributed by atoms with Crippen molar-refractivity contribution in [3.05, 3.63) is 147 Å². The predicted octanol–water partition coefficient (Wildman–Crippen LogP) is 8.39. The number of carbonyl (C=O) groups is 8. The second-order valence-electron chi connectivity index (χ2n) is 23.1. The third-order valence-corrected chi connectivity index (χ3v) is 22.3. The highest BCUT2D eigenvalue weighted by Gasteiger charge is 2.46. The van der Waals surface area contributed by atoms with E-state index >= 15 is 4.79 Å². The van der Waals surface area contributed by atoms with E-state index in [1.807, 2.05) is 0 Å². The summed E-state index contributed by atoms with van der Waals surface area (Å²) < 4.78 is 10.3. The highest BCUT2D eigenvalue weighted by molar-refractivity contribution is 7.15. The molecule has 0 radical (unpaired) electrons. The van der Waals surface area contributed by atoms with Crippen LogP contribution in [0.25, 0.3) is 43.4 Å². The number of aryl methyl sites for hydroxylation is 1. The van der Waals surface area contributed by atoms with Crippen LogP contribution in [0.15, 0.2) is 93.6 Å². The van der Waals surface area contributed by atoms with Crippen molar-refractivity contribution in [1.82, 2.24) is 55.7 Å². The van der Waals surface area contributed by atoms with Crippen LogP contribution in [-0.4, -0.2) is 141 Å². The molecule has 31 heteroatoms. The molecule has 7 aromatic heterocycles. The van der Waals surface area contributed by atoms with Gasteiger partial charge in [-0.3, -0.25) is 33.6 Å². The predicted molar refractivity (Wildman–Crippen MR) is 354 cm³/mol. The Hall–Kier alpha value is -8.95. The van der Waals surface area contributed by atoms with E-state index in [0.717, 1.165) is 34.0 Å². The van der Waals surface area contributed by atoms with E-state index < -0.39 is 90.6 Å². The number of Topliss-reactive ketones (excluding diaryl/α,β-unsaturated/α-hetero) is 1. The molecular weight excluding hydrogens is 1340 g/mol. The van der Waals surface area contributed by atoms with Crippen LogP contribution >= 0.6 is 68.0 Å². The molecule has 8 N–H and O–H groups in total. The fourth-order valence-electron chi connectivity index (χ4n) is 11.7. The molecule has 2 fully saturated rings. The number of esters is 1. The van der Waals surface area contributed by atoms with E-state index in [1.54, 1.807) is 102 Å². The summed E-state index contributed by atoms with van der Waals surface area (Å²) >= 11 is 6.97. The minimum atomic E-state index is -1.33. The van der Waals surface area contributed by atoms with Crippen LogP contribution < -0.4 is 26.4 Å². The molecule has 3 aliphatic rings. The summed E-state index contributed by atoms with van der Waals surface area (Å²) in [5, 5.41) is 52.1. The number of methoxy groups -OCH3 is 1. The van der Waals surface area contributed by atoms with E-state index in [9.17, 15) is 48.9 Å². The Morgan fingerprint density at radius 1 is 0.716 bits per heavy atom.